The van der Waals surface area contributed by atoms with E-state index in [9.17, 15) is 4.79 Å². The number of nitrogens with zero attached hydrogens (tertiary/aromatic N) is 2. The molecule has 1 heterocycles. The van der Waals surface area contributed by atoms with Crippen LogP contribution in [0, 0.1) is 11.8 Å². The Balaban J connectivity index is 2.07. The number of aryl methyl sites for hydroxylation is 1. The van der Waals surface area contributed by atoms with E-state index in [2.05, 4.69) is 5.10 Å². The second kappa shape index (κ2) is 3.23. The van der Waals surface area contributed by atoms with Gasteiger partial charge in [0.15, 0.2) is 0 Å². The third-order valence-corrected chi connectivity index (χ3v) is 2.96. The molecule has 2 rings (SSSR count). The van der Waals surface area contributed by atoms with Crippen molar-refractivity contribution in [1.82, 2.24) is 9.78 Å². The number of hydrogen-bond acceptors (Lipinski definition) is 2. The molecule has 1 saturated carbocycles. The van der Waals surface area contributed by atoms with Gasteiger partial charge in [0.05, 0.1) is 0 Å². The van der Waals surface area contributed by atoms with Crippen LogP contribution in [0.15, 0.2) is 12.3 Å². The van der Waals surface area contributed by atoms with Crippen molar-refractivity contribution in [2.24, 2.45) is 18.9 Å². The summed E-state index contributed by atoms with van der Waals surface area (Å²) in [5.74, 6) is 1.25. The van der Waals surface area contributed by atoms with Crippen LogP contribution in [0.25, 0.3) is 0 Å². The van der Waals surface area contributed by atoms with Crippen molar-refractivity contribution in [3.05, 3.63) is 18.0 Å². The molecule has 0 bridgehead atoms. The molecule has 0 N–H and O–H groups in total. The summed E-state index contributed by atoms with van der Waals surface area (Å²) < 4.78 is 1.87. The third-order valence-electron chi connectivity index (χ3n) is 2.96. The zero-order valence-electron chi connectivity index (χ0n) is 8.90. The first-order valence-electron chi connectivity index (χ1n) is 5.13. The Hall–Kier alpha value is -1.12. The van der Waals surface area contributed by atoms with Gasteiger partial charge in [-0.3, -0.25) is 9.48 Å². The van der Waals surface area contributed by atoms with Crippen LogP contribution in [0.2, 0.25) is 0 Å². The van der Waals surface area contributed by atoms with E-state index in [-0.39, 0.29) is 11.8 Å². The van der Waals surface area contributed by atoms with Gasteiger partial charge in [0.1, 0.15) is 5.78 Å². The molecule has 14 heavy (non-hydrogen) atoms. The molecule has 0 unspecified atom stereocenters. The fraction of sp³-hybridized carbons (Fsp3) is 0.636. The van der Waals surface area contributed by atoms with Crippen LogP contribution in [0.4, 0.5) is 0 Å². The molecule has 1 aliphatic rings. The maximum Gasteiger partial charge on any atom is 0.139 e. The first-order valence-corrected chi connectivity index (χ1v) is 5.13. The van der Waals surface area contributed by atoms with Gasteiger partial charge in [-0.05, 0) is 12.5 Å². The summed E-state index contributed by atoms with van der Waals surface area (Å²) in [6.45, 7) is 3.95. The van der Waals surface area contributed by atoms with Crippen molar-refractivity contribution in [2.75, 3.05) is 0 Å². The number of carbonyl (C=O) groups excluding carboxylic acids is 1. The molecule has 0 aromatic carbocycles. The molecule has 0 aliphatic heterocycles. The van der Waals surface area contributed by atoms with Crippen molar-refractivity contribution < 1.29 is 4.79 Å². The van der Waals surface area contributed by atoms with Crippen LogP contribution in [0.5, 0.6) is 0 Å². The standard InChI is InChI=1S/C11H16N2O/c1-7(2)11(14)9-6-8(9)10-4-5-12-13(10)3/h4-5,7-9H,6H2,1-3H3/t8-,9-/m1/s1. The van der Waals surface area contributed by atoms with Crippen molar-refractivity contribution in [1.29, 1.82) is 0 Å². The summed E-state index contributed by atoms with van der Waals surface area (Å²) >= 11 is 0. The van der Waals surface area contributed by atoms with Crippen LogP contribution >= 0.6 is 0 Å². The predicted molar refractivity (Wildman–Crippen MR) is 53.9 cm³/mol. The highest BCUT2D eigenvalue weighted by Crippen LogP contribution is 2.48. The number of ketones is 1. The van der Waals surface area contributed by atoms with Gasteiger partial charge in [-0.15, -0.1) is 0 Å². The molecular formula is C11H16N2O. The SMILES string of the molecule is CC(C)C(=O)[C@@H]1C[C@H]1c1ccnn1C. The summed E-state index contributed by atoms with van der Waals surface area (Å²) in [5.41, 5.74) is 1.20. The average Bonchev–Trinajstić information content (AvgIpc) is 2.81. The first-order chi connectivity index (χ1) is 6.61. The fourth-order valence-corrected chi connectivity index (χ4v) is 2.01. The van der Waals surface area contributed by atoms with Gasteiger partial charge in [0, 0.05) is 36.7 Å². The zero-order chi connectivity index (χ0) is 10.3. The molecule has 1 aliphatic carbocycles. The topological polar surface area (TPSA) is 34.9 Å². The Labute approximate surface area is 84.1 Å². The predicted octanol–water partition coefficient (Wildman–Crippen LogP) is 1.75. The van der Waals surface area contributed by atoms with Crippen molar-refractivity contribution >= 4 is 5.78 Å². The lowest BCUT2D eigenvalue weighted by atomic mass is 10.0. The molecule has 0 spiro atoms. The number of hydrogen-bond donors (Lipinski definition) is 0. The molecule has 0 amide bonds. The van der Waals surface area contributed by atoms with E-state index >= 15 is 0 Å². The molecule has 1 aromatic rings. The summed E-state index contributed by atoms with van der Waals surface area (Å²) in [5, 5.41) is 4.12. The molecule has 2 atom stereocenters. The quantitative estimate of drug-likeness (QED) is 0.731. The maximum atomic E-state index is 11.7. The number of Topliss-reactive ketones (excluding diaryl/α,β-unsaturated/α-hetero) is 1. The van der Waals surface area contributed by atoms with E-state index in [1.807, 2.05) is 31.6 Å². The largest absolute Gasteiger partial charge is 0.299 e. The Bertz CT molecular complexity index is 354. The van der Waals surface area contributed by atoms with Gasteiger partial charge in [0.25, 0.3) is 0 Å². The lowest BCUT2D eigenvalue weighted by Gasteiger charge is -2.03. The third kappa shape index (κ3) is 1.47. The number of carbonyl (C=O) groups is 1. The van der Waals surface area contributed by atoms with Gasteiger partial charge >= 0.3 is 0 Å². The van der Waals surface area contributed by atoms with Gasteiger partial charge in [-0.25, -0.2) is 0 Å². The lowest BCUT2D eigenvalue weighted by molar-refractivity contribution is -0.123. The van der Waals surface area contributed by atoms with Crippen LogP contribution < -0.4 is 0 Å². The summed E-state index contributed by atoms with van der Waals surface area (Å²) in [4.78, 5) is 11.7. The van der Waals surface area contributed by atoms with E-state index in [1.165, 1.54) is 5.69 Å². The molecule has 0 saturated heterocycles. The minimum absolute atomic E-state index is 0.165. The highest BCUT2D eigenvalue weighted by molar-refractivity contribution is 5.86. The Kier molecular flexibility index (Phi) is 2.17. The van der Waals surface area contributed by atoms with E-state index < -0.39 is 0 Å². The smallest absolute Gasteiger partial charge is 0.139 e. The van der Waals surface area contributed by atoms with E-state index in [0.717, 1.165) is 6.42 Å². The first kappa shape index (κ1) is 9.44. The second-order valence-electron chi connectivity index (χ2n) is 4.39. The highest BCUT2D eigenvalue weighted by Gasteiger charge is 2.45. The van der Waals surface area contributed by atoms with Gasteiger partial charge in [-0.1, -0.05) is 13.8 Å². The fourth-order valence-electron chi connectivity index (χ4n) is 2.01. The Morgan fingerprint density at radius 2 is 2.36 bits per heavy atom. The monoisotopic (exact) mass is 192 g/mol. The summed E-state index contributed by atoms with van der Waals surface area (Å²) in [7, 11) is 1.94. The number of aromatic nitrogens is 2. The molecule has 3 heteroatoms. The van der Waals surface area contributed by atoms with E-state index in [1.54, 1.807) is 6.20 Å². The molecular weight excluding hydrogens is 176 g/mol. The van der Waals surface area contributed by atoms with Crippen LogP contribution in [0.1, 0.15) is 31.9 Å². The number of rotatable bonds is 3. The summed E-state index contributed by atoms with van der Waals surface area (Å²) in [6, 6.07) is 2.01. The van der Waals surface area contributed by atoms with Crippen molar-refractivity contribution in [3.63, 3.8) is 0 Å². The van der Waals surface area contributed by atoms with Crippen LogP contribution in [-0.4, -0.2) is 15.6 Å². The second-order valence-corrected chi connectivity index (χ2v) is 4.39. The molecule has 76 valence electrons. The van der Waals surface area contributed by atoms with Gasteiger partial charge in [-0.2, -0.15) is 5.10 Å². The molecule has 0 radical (unpaired) electrons. The Morgan fingerprint density at radius 3 is 2.86 bits per heavy atom. The van der Waals surface area contributed by atoms with E-state index in [4.69, 9.17) is 0 Å². The maximum absolute atomic E-state index is 11.7. The van der Waals surface area contributed by atoms with E-state index in [0.29, 0.717) is 11.7 Å². The van der Waals surface area contributed by atoms with Crippen LogP contribution in [0.3, 0.4) is 0 Å². The minimum atomic E-state index is 0.165. The van der Waals surface area contributed by atoms with Crippen molar-refractivity contribution in [2.45, 2.75) is 26.2 Å². The molecule has 1 fully saturated rings. The highest BCUT2D eigenvalue weighted by atomic mass is 16.1. The molecule has 3 nitrogen and oxygen atoms in total. The zero-order valence-corrected chi connectivity index (χ0v) is 8.90. The van der Waals surface area contributed by atoms with Crippen LogP contribution in [-0.2, 0) is 11.8 Å². The van der Waals surface area contributed by atoms with Gasteiger partial charge in [0.2, 0.25) is 0 Å². The molecule has 1 aromatic heterocycles. The Morgan fingerprint density at radius 1 is 1.64 bits per heavy atom. The average molecular weight is 192 g/mol. The lowest BCUT2D eigenvalue weighted by Crippen LogP contribution is -2.10. The van der Waals surface area contributed by atoms with Gasteiger partial charge < -0.3 is 0 Å². The normalized spacial score (nSPS) is 25.4. The summed E-state index contributed by atoms with van der Waals surface area (Å²) in [6.07, 6.45) is 2.81. The van der Waals surface area contributed by atoms with Crippen molar-refractivity contribution in [3.8, 4) is 0 Å². The minimum Gasteiger partial charge on any atom is -0.299 e.